The molecule has 1 amide bonds. The molecule has 0 fully saturated rings. The topological polar surface area (TPSA) is 78.3 Å². The SMILES string of the molecule is CCCCOc1cc(NC(=O)c2nnn(-c3cc(C)ccc3OC)c2C)cc(C(C)(C)C)c1. The molecule has 1 N–H and O–H groups in total. The lowest BCUT2D eigenvalue weighted by atomic mass is 9.86. The quantitative estimate of drug-likeness (QED) is 0.451. The van der Waals surface area contributed by atoms with Gasteiger partial charge in [0.1, 0.15) is 17.2 Å². The molecule has 0 aliphatic heterocycles. The van der Waals surface area contributed by atoms with E-state index < -0.39 is 0 Å². The summed E-state index contributed by atoms with van der Waals surface area (Å²) >= 11 is 0. The van der Waals surface area contributed by atoms with Gasteiger partial charge in [-0.3, -0.25) is 4.79 Å². The molecule has 1 heterocycles. The molecule has 176 valence electrons. The van der Waals surface area contributed by atoms with Crippen LogP contribution in [-0.4, -0.2) is 34.6 Å². The summed E-state index contributed by atoms with van der Waals surface area (Å²) in [5.74, 6) is 1.08. The van der Waals surface area contributed by atoms with Crippen molar-refractivity contribution in [2.45, 2.75) is 59.8 Å². The van der Waals surface area contributed by atoms with Gasteiger partial charge in [-0.25, -0.2) is 4.68 Å². The Labute approximate surface area is 196 Å². The number of amides is 1. The Bertz CT molecular complexity index is 1130. The van der Waals surface area contributed by atoms with Crippen LogP contribution in [0.3, 0.4) is 0 Å². The van der Waals surface area contributed by atoms with Crippen molar-refractivity contribution >= 4 is 11.6 Å². The van der Waals surface area contributed by atoms with E-state index in [-0.39, 0.29) is 17.0 Å². The van der Waals surface area contributed by atoms with Crippen molar-refractivity contribution in [2.24, 2.45) is 0 Å². The number of nitrogens with one attached hydrogen (secondary N) is 1. The number of nitrogens with zero attached hydrogens (tertiary/aromatic N) is 3. The Morgan fingerprint density at radius 3 is 2.55 bits per heavy atom. The highest BCUT2D eigenvalue weighted by molar-refractivity contribution is 6.03. The Hall–Kier alpha value is -3.35. The Balaban J connectivity index is 1.90. The molecule has 3 aromatic rings. The summed E-state index contributed by atoms with van der Waals surface area (Å²) in [6.07, 6.45) is 2.04. The third-order valence-corrected chi connectivity index (χ3v) is 5.47. The fraction of sp³-hybridized carbons (Fsp3) is 0.423. The summed E-state index contributed by atoms with van der Waals surface area (Å²) in [7, 11) is 1.61. The van der Waals surface area contributed by atoms with Crippen molar-refractivity contribution in [1.82, 2.24) is 15.0 Å². The molecule has 0 saturated carbocycles. The van der Waals surface area contributed by atoms with E-state index in [1.807, 2.05) is 50.2 Å². The molecule has 0 unspecified atom stereocenters. The van der Waals surface area contributed by atoms with Gasteiger partial charge >= 0.3 is 0 Å². The number of benzene rings is 2. The molecule has 0 bridgehead atoms. The molecule has 0 aliphatic rings. The van der Waals surface area contributed by atoms with Crippen LogP contribution in [0.25, 0.3) is 5.69 Å². The summed E-state index contributed by atoms with van der Waals surface area (Å²) in [4.78, 5) is 13.1. The highest BCUT2D eigenvalue weighted by Crippen LogP contribution is 2.31. The molecule has 0 aliphatic carbocycles. The minimum absolute atomic E-state index is 0.0929. The number of aryl methyl sites for hydroxylation is 1. The minimum atomic E-state index is -0.323. The van der Waals surface area contributed by atoms with Crippen molar-refractivity contribution in [3.63, 3.8) is 0 Å². The van der Waals surface area contributed by atoms with E-state index in [4.69, 9.17) is 9.47 Å². The van der Waals surface area contributed by atoms with Crippen LogP contribution < -0.4 is 14.8 Å². The largest absolute Gasteiger partial charge is 0.494 e. The highest BCUT2D eigenvalue weighted by Gasteiger charge is 2.21. The molecule has 3 rings (SSSR count). The van der Waals surface area contributed by atoms with Crippen molar-refractivity contribution in [1.29, 1.82) is 0 Å². The fourth-order valence-corrected chi connectivity index (χ4v) is 3.45. The second-order valence-electron chi connectivity index (χ2n) is 9.26. The molecule has 0 saturated heterocycles. The first-order chi connectivity index (χ1) is 15.6. The fourth-order valence-electron chi connectivity index (χ4n) is 3.45. The van der Waals surface area contributed by atoms with Crippen LogP contribution in [0.1, 0.15) is 67.8 Å². The number of methoxy groups -OCH3 is 1. The van der Waals surface area contributed by atoms with E-state index in [9.17, 15) is 4.79 Å². The summed E-state index contributed by atoms with van der Waals surface area (Å²) in [5, 5.41) is 11.4. The summed E-state index contributed by atoms with van der Waals surface area (Å²) in [6, 6.07) is 11.7. The summed E-state index contributed by atoms with van der Waals surface area (Å²) < 4.78 is 13.0. The number of ether oxygens (including phenoxy) is 2. The standard InChI is InChI=1S/C26H34N4O3/c1-8-9-12-33-21-15-19(26(4,5)6)14-20(16-21)27-25(31)24-18(3)30(29-28-24)22-13-17(2)10-11-23(22)32-7/h10-11,13-16H,8-9,12H2,1-7H3,(H,27,31). The van der Waals surface area contributed by atoms with Gasteiger partial charge in [0, 0.05) is 11.8 Å². The van der Waals surface area contributed by atoms with Gasteiger partial charge < -0.3 is 14.8 Å². The third kappa shape index (κ3) is 5.72. The lowest BCUT2D eigenvalue weighted by molar-refractivity contribution is 0.102. The lowest BCUT2D eigenvalue weighted by Crippen LogP contribution is -2.16. The zero-order chi connectivity index (χ0) is 24.2. The normalized spacial score (nSPS) is 11.4. The average molecular weight is 451 g/mol. The number of carbonyl (C=O) groups is 1. The molecule has 0 atom stereocenters. The van der Waals surface area contributed by atoms with Crippen molar-refractivity contribution < 1.29 is 14.3 Å². The third-order valence-electron chi connectivity index (χ3n) is 5.47. The van der Waals surface area contributed by atoms with Crippen LogP contribution in [0.5, 0.6) is 11.5 Å². The molecule has 33 heavy (non-hydrogen) atoms. The van der Waals surface area contributed by atoms with Crippen molar-refractivity contribution in [3.05, 3.63) is 58.9 Å². The second-order valence-corrected chi connectivity index (χ2v) is 9.26. The average Bonchev–Trinajstić information content (AvgIpc) is 3.14. The predicted octanol–water partition coefficient (Wildman–Crippen LogP) is 5.62. The molecule has 0 radical (unpaired) electrons. The van der Waals surface area contributed by atoms with Crippen molar-refractivity contribution in [2.75, 3.05) is 19.0 Å². The molecular weight excluding hydrogens is 416 g/mol. The number of unbranched alkanes of at least 4 members (excludes halogenated alkanes) is 1. The summed E-state index contributed by atoms with van der Waals surface area (Å²) in [5.41, 5.74) is 4.34. The summed E-state index contributed by atoms with van der Waals surface area (Å²) in [6.45, 7) is 13.0. The van der Waals surface area contributed by atoms with Crippen molar-refractivity contribution in [3.8, 4) is 17.2 Å². The maximum Gasteiger partial charge on any atom is 0.278 e. The van der Waals surface area contributed by atoms with Gasteiger partial charge in [0.25, 0.3) is 5.91 Å². The maximum absolute atomic E-state index is 13.1. The highest BCUT2D eigenvalue weighted by atomic mass is 16.5. The smallest absolute Gasteiger partial charge is 0.278 e. The molecule has 7 nitrogen and oxygen atoms in total. The minimum Gasteiger partial charge on any atom is -0.494 e. The van der Waals surface area contributed by atoms with E-state index in [1.165, 1.54) is 0 Å². The first-order valence-electron chi connectivity index (χ1n) is 11.3. The zero-order valence-electron chi connectivity index (χ0n) is 20.7. The van der Waals surface area contributed by atoms with Gasteiger partial charge in [-0.1, -0.05) is 45.4 Å². The predicted molar refractivity (Wildman–Crippen MR) is 131 cm³/mol. The zero-order valence-corrected chi connectivity index (χ0v) is 20.7. The number of hydrogen-bond acceptors (Lipinski definition) is 5. The van der Waals surface area contributed by atoms with E-state index in [2.05, 4.69) is 43.3 Å². The van der Waals surface area contributed by atoms with Crippen LogP contribution in [0.4, 0.5) is 5.69 Å². The molecule has 7 heteroatoms. The molecule has 2 aromatic carbocycles. The maximum atomic E-state index is 13.1. The van der Waals surface area contributed by atoms with Crippen LogP contribution in [0, 0.1) is 13.8 Å². The second kappa shape index (κ2) is 10.1. The van der Waals surface area contributed by atoms with Crippen LogP contribution in [-0.2, 0) is 5.41 Å². The van der Waals surface area contributed by atoms with Crippen LogP contribution in [0.2, 0.25) is 0 Å². The lowest BCUT2D eigenvalue weighted by Gasteiger charge is -2.21. The first-order valence-corrected chi connectivity index (χ1v) is 11.3. The number of carbonyl (C=O) groups excluding carboxylic acids is 1. The number of rotatable bonds is 8. The van der Waals surface area contributed by atoms with Gasteiger partial charge in [-0.05, 0) is 61.1 Å². The van der Waals surface area contributed by atoms with Gasteiger partial charge in [0.15, 0.2) is 5.69 Å². The van der Waals surface area contributed by atoms with Crippen LogP contribution in [0.15, 0.2) is 36.4 Å². The van der Waals surface area contributed by atoms with E-state index >= 15 is 0 Å². The van der Waals surface area contributed by atoms with Gasteiger partial charge in [0.05, 0.1) is 19.4 Å². The van der Waals surface area contributed by atoms with Gasteiger partial charge in [-0.15, -0.1) is 5.10 Å². The number of aromatic nitrogens is 3. The Morgan fingerprint density at radius 2 is 1.88 bits per heavy atom. The van der Waals surface area contributed by atoms with E-state index in [0.717, 1.165) is 35.4 Å². The Morgan fingerprint density at radius 1 is 1.12 bits per heavy atom. The monoisotopic (exact) mass is 450 g/mol. The Kier molecular flexibility index (Phi) is 7.41. The molecular formula is C26H34N4O3. The number of anilines is 1. The first kappa shape index (κ1) is 24.3. The molecule has 0 spiro atoms. The van der Waals surface area contributed by atoms with Gasteiger partial charge in [0.2, 0.25) is 0 Å². The van der Waals surface area contributed by atoms with E-state index in [0.29, 0.717) is 23.7 Å². The van der Waals surface area contributed by atoms with Crippen LogP contribution >= 0.6 is 0 Å². The van der Waals surface area contributed by atoms with E-state index in [1.54, 1.807) is 11.8 Å². The number of hydrogen-bond donors (Lipinski definition) is 1. The van der Waals surface area contributed by atoms with Gasteiger partial charge in [-0.2, -0.15) is 0 Å². The molecule has 1 aromatic heterocycles.